The number of benzene rings is 1. The first-order valence-electron chi connectivity index (χ1n) is 6.63. The number of rotatable bonds is 5. The van der Waals surface area contributed by atoms with Gasteiger partial charge in [0.2, 0.25) is 0 Å². The summed E-state index contributed by atoms with van der Waals surface area (Å²) in [5.41, 5.74) is 2.95. The average Bonchev–Trinajstić information content (AvgIpc) is 2.78. The number of nitrogens with one attached hydrogen (secondary N) is 1. The molecule has 0 saturated carbocycles. The molecule has 1 aromatic heterocycles. The van der Waals surface area contributed by atoms with Crippen LogP contribution in [0, 0.1) is 11.3 Å². The number of aromatic nitrogens is 2. The average molecular weight is 305 g/mol. The van der Waals surface area contributed by atoms with E-state index in [0.29, 0.717) is 28.6 Å². The highest BCUT2D eigenvalue weighted by Crippen LogP contribution is 2.29. The molecule has 2 rings (SSSR count). The van der Waals surface area contributed by atoms with Gasteiger partial charge < -0.3 is 10.1 Å². The number of nitrogens with zero attached hydrogens (tertiary/aromatic N) is 3. The van der Waals surface area contributed by atoms with Crippen LogP contribution in [0.5, 0.6) is 5.75 Å². The first-order chi connectivity index (χ1) is 10.1. The molecule has 0 radical (unpaired) electrons. The van der Waals surface area contributed by atoms with E-state index >= 15 is 0 Å². The number of anilines is 1. The summed E-state index contributed by atoms with van der Waals surface area (Å²) < 4.78 is 7.05. The second kappa shape index (κ2) is 6.51. The van der Waals surface area contributed by atoms with Crippen molar-refractivity contribution >= 4 is 17.3 Å². The van der Waals surface area contributed by atoms with Gasteiger partial charge in [0.15, 0.2) is 0 Å². The lowest BCUT2D eigenvalue weighted by Gasteiger charge is -2.13. The molecule has 2 aromatic rings. The van der Waals surface area contributed by atoms with Gasteiger partial charge in [0.1, 0.15) is 11.8 Å². The molecule has 5 nitrogen and oxygen atoms in total. The van der Waals surface area contributed by atoms with Crippen LogP contribution in [0.1, 0.15) is 23.9 Å². The Labute approximate surface area is 129 Å². The molecule has 1 heterocycles. The maximum atomic E-state index is 9.20. The molecule has 0 aliphatic carbocycles. The Hall–Kier alpha value is -2.19. The minimum absolute atomic E-state index is 0.470. The van der Waals surface area contributed by atoms with Crippen LogP contribution in [0.25, 0.3) is 0 Å². The van der Waals surface area contributed by atoms with E-state index in [1.165, 1.54) is 0 Å². The molecule has 1 aromatic carbocycles. The minimum Gasteiger partial charge on any atom is -0.495 e. The topological polar surface area (TPSA) is 62.9 Å². The number of halogens is 1. The fraction of sp³-hybridized carbons (Fsp3) is 0.333. The summed E-state index contributed by atoms with van der Waals surface area (Å²) in [7, 11) is 3.43. The van der Waals surface area contributed by atoms with E-state index in [9.17, 15) is 5.26 Å². The van der Waals surface area contributed by atoms with Crippen molar-refractivity contribution in [3.05, 3.63) is 40.2 Å². The van der Waals surface area contributed by atoms with E-state index in [4.69, 9.17) is 16.3 Å². The molecule has 0 saturated heterocycles. The number of nitriles is 1. The van der Waals surface area contributed by atoms with Crippen molar-refractivity contribution in [3.8, 4) is 11.8 Å². The van der Waals surface area contributed by atoms with Gasteiger partial charge in [-0.15, -0.1) is 0 Å². The van der Waals surface area contributed by atoms with Crippen LogP contribution in [-0.4, -0.2) is 16.9 Å². The van der Waals surface area contributed by atoms with Crippen molar-refractivity contribution < 1.29 is 4.74 Å². The summed E-state index contributed by atoms with van der Waals surface area (Å²) in [6.45, 7) is 2.48. The second-order valence-electron chi connectivity index (χ2n) is 4.53. The van der Waals surface area contributed by atoms with E-state index in [1.54, 1.807) is 23.9 Å². The lowest BCUT2D eigenvalue weighted by molar-refractivity contribution is 0.416. The largest absolute Gasteiger partial charge is 0.495 e. The molecule has 0 aliphatic heterocycles. The first kappa shape index (κ1) is 15.2. The summed E-state index contributed by atoms with van der Waals surface area (Å²) in [4.78, 5) is 0. The molecule has 6 heteroatoms. The fourth-order valence-electron chi connectivity index (χ4n) is 2.16. The van der Waals surface area contributed by atoms with Gasteiger partial charge in [0, 0.05) is 7.05 Å². The van der Waals surface area contributed by atoms with Crippen molar-refractivity contribution in [1.82, 2.24) is 9.78 Å². The molecule has 1 N–H and O–H groups in total. The summed E-state index contributed by atoms with van der Waals surface area (Å²) in [6, 6.07) is 7.50. The van der Waals surface area contributed by atoms with Crippen LogP contribution < -0.4 is 10.1 Å². The molecular formula is C15H17ClN4O. The summed E-state index contributed by atoms with van der Waals surface area (Å²) in [5, 5.41) is 17.5. The predicted octanol–water partition coefficient (Wildman–Crippen LogP) is 3.13. The Kier molecular flexibility index (Phi) is 4.71. The third kappa shape index (κ3) is 2.96. The molecule has 0 fully saturated rings. The van der Waals surface area contributed by atoms with Crippen LogP contribution in [0.3, 0.4) is 0 Å². The SMILES string of the molecule is CCc1nn(C)c(CNc2c(C#N)cccc2OC)c1Cl. The smallest absolute Gasteiger partial charge is 0.143 e. The maximum Gasteiger partial charge on any atom is 0.143 e. The lowest BCUT2D eigenvalue weighted by atomic mass is 10.1. The van der Waals surface area contributed by atoms with Gasteiger partial charge in [-0.25, -0.2) is 0 Å². The highest BCUT2D eigenvalue weighted by molar-refractivity contribution is 6.31. The van der Waals surface area contributed by atoms with Crippen molar-refractivity contribution in [2.45, 2.75) is 19.9 Å². The zero-order valence-electron chi connectivity index (χ0n) is 12.3. The molecular weight excluding hydrogens is 288 g/mol. The molecule has 0 spiro atoms. The summed E-state index contributed by atoms with van der Waals surface area (Å²) in [6.07, 6.45) is 0.783. The second-order valence-corrected chi connectivity index (χ2v) is 4.91. The Morgan fingerprint density at radius 2 is 2.24 bits per heavy atom. The Morgan fingerprint density at radius 1 is 1.48 bits per heavy atom. The Bertz CT molecular complexity index is 688. The van der Waals surface area contributed by atoms with Crippen LogP contribution in [0.4, 0.5) is 5.69 Å². The van der Waals surface area contributed by atoms with E-state index in [0.717, 1.165) is 17.8 Å². The van der Waals surface area contributed by atoms with Crippen LogP contribution >= 0.6 is 11.6 Å². The molecule has 0 bridgehead atoms. The molecule has 110 valence electrons. The number of hydrogen-bond donors (Lipinski definition) is 1. The number of ether oxygens (including phenoxy) is 1. The predicted molar refractivity (Wildman–Crippen MR) is 82.6 cm³/mol. The first-order valence-corrected chi connectivity index (χ1v) is 7.01. The van der Waals surface area contributed by atoms with Crippen molar-refractivity contribution in [1.29, 1.82) is 5.26 Å². The fourth-order valence-corrected chi connectivity index (χ4v) is 2.52. The van der Waals surface area contributed by atoms with Gasteiger partial charge in [-0.1, -0.05) is 24.6 Å². The van der Waals surface area contributed by atoms with E-state index in [1.807, 2.05) is 20.0 Å². The van der Waals surface area contributed by atoms with E-state index in [-0.39, 0.29) is 0 Å². The Balaban J connectivity index is 2.29. The highest BCUT2D eigenvalue weighted by atomic mass is 35.5. The molecule has 0 amide bonds. The number of aryl methyl sites for hydroxylation is 2. The van der Waals surface area contributed by atoms with Gasteiger partial charge in [-0.2, -0.15) is 10.4 Å². The Morgan fingerprint density at radius 3 is 2.81 bits per heavy atom. The molecule has 0 aliphatic rings. The highest BCUT2D eigenvalue weighted by Gasteiger charge is 2.14. The van der Waals surface area contributed by atoms with Gasteiger partial charge in [-0.3, -0.25) is 4.68 Å². The summed E-state index contributed by atoms with van der Waals surface area (Å²) >= 11 is 6.32. The maximum absolute atomic E-state index is 9.20. The van der Waals surface area contributed by atoms with Gasteiger partial charge in [0.25, 0.3) is 0 Å². The minimum atomic E-state index is 0.470. The number of para-hydroxylation sites is 1. The van der Waals surface area contributed by atoms with Crippen molar-refractivity contribution in [2.24, 2.45) is 7.05 Å². The molecule has 0 atom stereocenters. The van der Waals surface area contributed by atoms with Crippen molar-refractivity contribution in [2.75, 3.05) is 12.4 Å². The van der Waals surface area contributed by atoms with Crippen LogP contribution in [0.2, 0.25) is 5.02 Å². The van der Waals surface area contributed by atoms with Crippen molar-refractivity contribution in [3.63, 3.8) is 0 Å². The number of hydrogen-bond acceptors (Lipinski definition) is 4. The van der Waals surface area contributed by atoms with Gasteiger partial charge in [0.05, 0.1) is 41.3 Å². The third-order valence-electron chi connectivity index (χ3n) is 3.30. The third-order valence-corrected chi connectivity index (χ3v) is 3.74. The van der Waals surface area contributed by atoms with E-state index in [2.05, 4.69) is 16.5 Å². The lowest BCUT2D eigenvalue weighted by Crippen LogP contribution is -2.08. The zero-order valence-corrected chi connectivity index (χ0v) is 13.0. The normalized spacial score (nSPS) is 10.2. The van der Waals surface area contributed by atoms with Gasteiger partial charge >= 0.3 is 0 Å². The van der Waals surface area contributed by atoms with E-state index < -0.39 is 0 Å². The monoisotopic (exact) mass is 304 g/mol. The van der Waals surface area contributed by atoms with Crippen LogP contribution in [-0.2, 0) is 20.0 Å². The van der Waals surface area contributed by atoms with Gasteiger partial charge in [-0.05, 0) is 18.6 Å². The zero-order chi connectivity index (χ0) is 15.4. The molecule has 21 heavy (non-hydrogen) atoms. The summed E-state index contributed by atoms with van der Waals surface area (Å²) in [5.74, 6) is 0.628. The number of methoxy groups -OCH3 is 1. The quantitative estimate of drug-likeness (QED) is 0.922. The standard InChI is InChI=1S/C15H17ClN4O/c1-4-11-14(16)12(20(2)19-11)9-18-15-10(8-17)6-5-7-13(15)21-3/h5-7,18H,4,9H2,1-3H3. The molecule has 0 unspecified atom stereocenters. The van der Waals surface area contributed by atoms with Crippen LogP contribution in [0.15, 0.2) is 18.2 Å².